The molecule has 0 aromatic carbocycles. The van der Waals surface area contributed by atoms with Gasteiger partial charge in [-0.05, 0) is 20.4 Å². The lowest BCUT2D eigenvalue weighted by molar-refractivity contribution is 0.109. The van der Waals surface area contributed by atoms with Crippen LogP contribution < -0.4 is 5.32 Å². The van der Waals surface area contributed by atoms with Gasteiger partial charge in [0.1, 0.15) is 6.10 Å². The van der Waals surface area contributed by atoms with Crippen molar-refractivity contribution >= 4 is 0 Å². The van der Waals surface area contributed by atoms with Crippen molar-refractivity contribution in [1.29, 1.82) is 0 Å². The highest BCUT2D eigenvalue weighted by Crippen LogP contribution is 2.12. The summed E-state index contributed by atoms with van der Waals surface area (Å²) < 4.78 is 10.2. The van der Waals surface area contributed by atoms with Crippen LogP contribution in [0.2, 0.25) is 0 Å². The van der Waals surface area contributed by atoms with Crippen molar-refractivity contribution in [3.8, 4) is 0 Å². The van der Waals surface area contributed by atoms with Crippen LogP contribution in [0.1, 0.15) is 38.1 Å². The zero-order valence-electron chi connectivity index (χ0n) is 9.78. The molecule has 0 amide bonds. The molecule has 5 heteroatoms. The smallest absolute Gasteiger partial charge is 0.228 e. The molecule has 1 N–H and O–H groups in total. The van der Waals surface area contributed by atoms with Crippen molar-refractivity contribution in [2.75, 3.05) is 14.2 Å². The number of nitrogens with one attached hydrogen (secondary N) is 1. The van der Waals surface area contributed by atoms with E-state index in [1.165, 1.54) is 0 Å². The zero-order valence-corrected chi connectivity index (χ0v) is 9.78. The van der Waals surface area contributed by atoms with Crippen molar-refractivity contribution in [1.82, 2.24) is 15.5 Å². The standard InChI is InChI=1S/C10H19N3O2/c1-5-8(11-3)6-9-12-10(13-15-9)7(2)14-4/h7-8,11H,5-6H2,1-4H3. The fourth-order valence-corrected chi connectivity index (χ4v) is 1.28. The molecule has 1 heterocycles. The Kier molecular flexibility index (Phi) is 4.71. The molecule has 0 aliphatic rings. The van der Waals surface area contributed by atoms with E-state index in [0.29, 0.717) is 17.8 Å². The summed E-state index contributed by atoms with van der Waals surface area (Å²) in [5.41, 5.74) is 0. The number of ether oxygens (including phenoxy) is 1. The third-order valence-electron chi connectivity index (χ3n) is 2.52. The SMILES string of the molecule is CCC(Cc1nc(C(C)OC)no1)NC. The van der Waals surface area contributed by atoms with Gasteiger partial charge in [0.05, 0.1) is 0 Å². The first kappa shape index (κ1) is 12.1. The third kappa shape index (κ3) is 3.28. The fourth-order valence-electron chi connectivity index (χ4n) is 1.28. The largest absolute Gasteiger partial charge is 0.374 e. The molecule has 0 aliphatic carbocycles. The van der Waals surface area contributed by atoms with E-state index in [2.05, 4.69) is 22.4 Å². The Labute approximate surface area is 90.2 Å². The third-order valence-corrected chi connectivity index (χ3v) is 2.52. The molecule has 1 aromatic heterocycles. The van der Waals surface area contributed by atoms with E-state index >= 15 is 0 Å². The van der Waals surface area contributed by atoms with Crippen molar-refractivity contribution < 1.29 is 9.26 Å². The van der Waals surface area contributed by atoms with Gasteiger partial charge in [0.25, 0.3) is 0 Å². The molecular weight excluding hydrogens is 194 g/mol. The summed E-state index contributed by atoms with van der Waals surface area (Å²) in [6.07, 6.45) is 1.68. The molecule has 0 saturated heterocycles. The van der Waals surface area contributed by atoms with Gasteiger partial charge in [-0.15, -0.1) is 0 Å². The second-order valence-electron chi connectivity index (χ2n) is 3.52. The van der Waals surface area contributed by atoms with Gasteiger partial charge in [0.2, 0.25) is 5.89 Å². The first-order valence-corrected chi connectivity index (χ1v) is 5.23. The Morgan fingerprint density at radius 1 is 1.53 bits per heavy atom. The topological polar surface area (TPSA) is 60.2 Å². The lowest BCUT2D eigenvalue weighted by Crippen LogP contribution is -2.26. The number of nitrogens with zero attached hydrogens (tertiary/aromatic N) is 2. The van der Waals surface area contributed by atoms with E-state index in [4.69, 9.17) is 9.26 Å². The summed E-state index contributed by atoms with van der Waals surface area (Å²) in [6, 6.07) is 0.385. The summed E-state index contributed by atoms with van der Waals surface area (Å²) in [5, 5.41) is 7.06. The van der Waals surface area contributed by atoms with Gasteiger partial charge < -0.3 is 14.6 Å². The number of methoxy groups -OCH3 is 1. The lowest BCUT2D eigenvalue weighted by Gasteiger charge is -2.09. The molecule has 5 nitrogen and oxygen atoms in total. The van der Waals surface area contributed by atoms with Crippen LogP contribution >= 0.6 is 0 Å². The number of aromatic nitrogens is 2. The van der Waals surface area contributed by atoms with Crippen molar-refractivity contribution in [3.63, 3.8) is 0 Å². The maximum Gasteiger partial charge on any atom is 0.228 e. The van der Waals surface area contributed by atoms with Crippen molar-refractivity contribution in [2.24, 2.45) is 0 Å². The molecule has 1 rings (SSSR count). The average molecular weight is 213 g/mol. The number of likely N-dealkylation sites (N-methyl/N-ethyl adjacent to an activating group) is 1. The second-order valence-corrected chi connectivity index (χ2v) is 3.52. The van der Waals surface area contributed by atoms with Crippen LogP contribution in [0.4, 0.5) is 0 Å². The lowest BCUT2D eigenvalue weighted by atomic mass is 10.1. The quantitative estimate of drug-likeness (QED) is 0.772. The van der Waals surface area contributed by atoms with Gasteiger partial charge in [-0.1, -0.05) is 12.1 Å². The van der Waals surface area contributed by atoms with Crippen molar-refractivity contribution in [2.45, 2.75) is 38.8 Å². The number of hydrogen-bond donors (Lipinski definition) is 1. The zero-order chi connectivity index (χ0) is 11.3. The van der Waals surface area contributed by atoms with Crippen LogP contribution in [0, 0.1) is 0 Å². The molecule has 15 heavy (non-hydrogen) atoms. The van der Waals surface area contributed by atoms with Crippen molar-refractivity contribution in [3.05, 3.63) is 11.7 Å². The molecule has 2 atom stereocenters. The highest BCUT2D eigenvalue weighted by atomic mass is 16.5. The second kappa shape index (κ2) is 5.82. The summed E-state index contributed by atoms with van der Waals surface area (Å²) in [5.74, 6) is 1.27. The predicted octanol–water partition coefficient (Wildman–Crippen LogP) is 1.32. The van der Waals surface area contributed by atoms with E-state index in [-0.39, 0.29) is 6.10 Å². The van der Waals surface area contributed by atoms with Gasteiger partial charge in [-0.25, -0.2) is 0 Å². The minimum absolute atomic E-state index is 0.114. The molecule has 0 radical (unpaired) electrons. The molecule has 1 aromatic rings. The summed E-state index contributed by atoms with van der Waals surface area (Å²) in [7, 11) is 3.56. The Morgan fingerprint density at radius 3 is 2.80 bits per heavy atom. The van der Waals surface area contributed by atoms with Crippen LogP contribution in [-0.2, 0) is 11.2 Å². The minimum Gasteiger partial charge on any atom is -0.374 e. The summed E-state index contributed by atoms with van der Waals surface area (Å²) >= 11 is 0. The molecular formula is C10H19N3O2. The molecule has 2 unspecified atom stereocenters. The van der Waals surface area contributed by atoms with E-state index in [1.807, 2.05) is 14.0 Å². The predicted molar refractivity (Wildman–Crippen MR) is 56.6 cm³/mol. The number of hydrogen-bond acceptors (Lipinski definition) is 5. The van der Waals surface area contributed by atoms with Crippen LogP contribution in [0.3, 0.4) is 0 Å². The fraction of sp³-hybridized carbons (Fsp3) is 0.800. The first-order valence-electron chi connectivity index (χ1n) is 5.23. The molecule has 0 aliphatic heterocycles. The molecule has 86 valence electrons. The maximum absolute atomic E-state index is 5.14. The van der Waals surface area contributed by atoms with Gasteiger partial charge >= 0.3 is 0 Å². The van der Waals surface area contributed by atoms with Crippen LogP contribution in [-0.4, -0.2) is 30.3 Å². The molecule has 0 fully saturated rings. The first-order chi connectivity index (χ1) is 7.21. The van der Waals surface area contributed by atoms with Gasteiger partial charge in [0, 0.05) is 19.6 Å². The summed E-state index contributed by atoms with van der Waals surface area (Å²) in [6.45, 7) is 4.01. The van der Waals surface area contributed by atoms with E-state index in [0.717, 1.165) is 12.8 Å². The highest BCUT2D eigenvalue weighted by Gasteiger charge is 2.15. The molecule has 0 saturated carbocycles. The highest BCUT2D eigenvalue weighted by molar-refractivity contribution is 4.91. The summed E-state index contributed by atoms with van der Waals surface area (Å²) in [4.78, 5) is 4.27. The van der Waals surface area contributed by atoms with Gasteiger partial charge in [-0.2, -0.15) is 4.98 Å². The van der Waals surface area contributed by atoms with E-state index in [9.17, 15) is 0 Å². The number of rotatable bonds is 6. The molecule has 0 spiro atoms. The Morgan fingerprint density at radius 2 is 2.27 bits per heavy atom. The Bertz CT molecular complexity index is 284. The average Bonchev–Trinajstić information content (AvgIpc) is 2.73. The van der Waals surface area contributed by atoms with Gasteiger partial charge in [-0.3, -0.25) is 0 Å². The van der Waals surface area contributed by atoms with Crippen LogP contribution in [0.25, 0.3) is 0 Å². The van der Waals surface area contributed by atoms with E-state index in [1.54, 1.807) is 7.11 Å². The Hall–Kier alpha value is -0.940. The maximum atomic E-state index is 5.14. The normalized spacial score (nSPS) is 15.2. The molecule has 0 bridgehead atoms. The Balaban J connectivity index is 2.59. The monoisotopic (exact) mass is 213 g/mol. The minimum atomic E-state index is -0.114. The van der Waals surface area contributed by atoms with Crippen LogP contribution in [0.5, 0.6) is 0 Å². The van der Waals surface area contributed by atoms with Gasteiger partial charge in [0.15, 0.2) is 5.82 Å². The van der Waals surface area contributed by atoms with Crippen LogP contribution in [0.15, 0.2) is 4.52 Å². The van der Waals surface area contributed by atoms with E-state index < -0.39 is 0 Å².